The summed E-state index contributed by atoms with van der Waals surface area (Å²) in [6, 6.07) is 13.2. The van der Waals surface area contributed by atoms with Crippen molar-refractivity contribution in [3.63, 3.8) is 0 Å². The van der Waals surface area contributed by atoms with Crippen LogP contribution in [0.15, 0.2) is 51.7 Å². The van der Waals surface area contributed by atoms with E-state index in [1.807, 2.05) is 24.3 Å². The molecule has 0 unspecified atom stereocenters. The van der Waals surface area contributed by atoms with Crippen LogP contribution in [0.1, 0.15) is 18.4 Å². The Bertz CT molecular complexity index is 950. The quantitative estimate of drug-likeness (QED) is 0.767. The molecule has 25 heavy (non-hydrogen) atoms. The third-order valence-corrected chi connectivity index (χ3v) is 4.47. The van der Waals surface area contributed by atoms with Crippen molar-refractivity contribution < 1.29 is 9.21 Å². The molecule has 2 heterocycles. The SMILES string of the molecule is O=C(Cc1ccc2oc(=O)[nH]c2c1)Nc1ccc(N2CCCC2)cc1. The summed E-state index contributed by atoms with van der Waals surface area (Å²) in [4.78, 5) is 28.4. The van der Waals surface area contributed by atoms with E-state index in [1.165, 1.54) is 18.5 Å². The Morgan fingerprint density at radius 3 is 2.64 bits per heavy atom. The second-order valence-electron chi connectivity index (χ2n) is 6.31. The van der Waals surface area contributed by atoms with Crippen LogP contribution < -0.4 is 16.0 Å². The maximum Gasteiger partial charge on any atom is 0.417 e. The smallest absolute Gasteiger partial charge is 0.408 e. The number of benzene rings is 2. The Morgan fingerprint density at radius 2 is 1.88 bits per heavy atom. The number of rotatable bonds is 4. The molecule has 6 heteroatoms. The number of aromatic nitrogens is 1. The van der Waals surface area contributed by atoms with Crippen LogP contribution in [0.2, 0.25) is 0 Å². The van der Waals surface area contributed by atoms with Gasteiger partial charge in [-0.25, -0.2) is 4.79 Å². The third kappa shape index (κ3) is 3.42. The number of hydrogen-bond acceptors (Lipinski definition) is 4. The maximum absolute atomic E-state index is 12.2. The summed E-state index contributed by atoms with van der Waals surface area (Å²) in [7, 11) is 0. The summed E-state index contributed by atoms with van der Waals surface area (Å²) in [6.45, 7) is 2.20. The average molecular weight is 337 g/mol. The van der Waals surface area contributed by atoms with Gasteiger partial charge < -0.3 is 14.6 Å². The van der Waals surface area contributed by atoms with Crippen molar-refractivity contribution in [3.8, 4) is 0 Å². The van der Waals surface area contributed by atoms with E-state index in [1.54, 1.807) is 18.2 Å². The summed E-state index contributed by atoms with van der Waals surface area (Å²) in [5.74, 6) is -0.589. The molecule has 1 fully saturated rings. The van der Waals surface area contributed by atoms with Crippen LogP contribution in [0.5, 0.6) is 0 Å². The Hall–Kier alpha value is -3.02. The van der Waals surface area contributed by atoms with E-state index in [0.29, 0.717) is 11.1 Å². The van der Waals surface area contributed by atoms with Gasteiger partial charge in [-0.15, -0.1) is 0 Å². The van der Waals surface area contributed by atoms with Gasteiger partial charge in [-0.2, -0.15) is 0 Å². The molecule has 1 aliphatic rings. The highest BCUT2D eigenvalue weighted by molar-refractivity contribution is 5.93. The summed E-state index contributed by atoms with van der Waals surface area (Å²) in [6.07, 6.45) is 2.71. The Morgan fingerprint density at radius 1 is 1.12 bits per heavy atom. The van der Waals surface area contributed by atoms with E-state index in [9.17, 15) is 9.59 Å². The standard InChI is InChI=1S/C19H19N3O3/c23-18(12-13-3-8-17-16(11-13)21-19(24)25-17)20-14-4-6-15(7-5-14)22-9-1-2-10-22/h3-8,11H,1-2,9-10,12H2,(H,20,23)(H,21,24). The molecule has 6 nitrogen and oxygen atoms in total. The molecule has 0 aliphatic carbocycles. The van der Waals surface area contributed by atoms with E-state index in [-0.39, 0.29) is 12.3 Å². The zero-order valence-corrected chi connectivity index (χ0v) is 13.7. The first-order valence-electron chi connectivity index (χ1n) is 8.44. The fraction of sp³-hybridized carbons (Fsp3) is 0.263. The molecule has 0 saturated carbocycles. The highest BCUT2D eigenvalue weighted by Gasteiger charge is 2.12. The van der Waals surface area contributed by atoms with E-state index in [0.717, 1.165) is 24.3 Å². The minimum atomic E-state index is -0.491. The number of hydrogen-bond donors (Lipinski definition) is 2. The van der Waals surface area contributed by atoms with Crippen molar-refractivity contribution in [1.82, 2.24) is 4.98 Å². The topological polar surface area (TPSA) is 78.3 Å². The van der Waals surface area contributed by atoms with Gasteiger partial charge in [0.05, 0.1) is 11.9 Å². The molecule has 0 radical (unpaired) electrons. The van der Waals surface area contributed by atoms with Crippen LogP contribution >= 0.6 is 0 Å². The highest BCUT2D eigenvalue weighted by Crippen LogP contribution is 2.22. The summed E-state index contributed by atoms with van der Waals surface area (Å²) in [5, 5.41) is 2.91. The van der Waals surface area contributed by atoms with Crippen molar-refractivity contribution in [2.75, 3.05) is 23.3 Å². The number of amides is 1. The molecule has 1 amide bonds. The molecule has 3 aromatic rings. The lowest BCUT2D eigenvalue weighted by molar-refractivity contribution is -0.115. The van der Waals surface area contributed by atoms with E-state index in [2.05, 4.69) is 15.2 Å². The van der Waals surface area contributed by atoms with Crippen molar-refractivity contribution in [2.45, 2.75) is 19.3 Å². The van der Waals surface area contributed by atoms with Gasteiger partial charge in [-0.3, -0.25) is 9.78 Å². The lowest BCUT2D eigenvalue weighted by Crippen LogP contribution is -2.18. The second kappa shape index (κ2) is 6.47. The molecule has 0 atom stereocenters. The lowest BCUT2D eigenvalue weighted by Gasteiger charge is -2.17. The second-order valence-corrected chi connectivity index (χ2v) is 6.31. The Labute approximate surface area is 144 Å². The van der Waals surface area contributed by atoms with Gasteiger partial charge in [0.15, 0.2) is 5.58 Å². The minimum absolute atomic E-state index is 0.0980. The first-order valence-corrected chi connectivity index (χ1v) is 8.44. The van der Waals surface area contributed by atoms with Crippen LogP contribution in [0.3, 0.4) is 0 Å². The van der Waals surface area contributed by atoms with Crippen LogP contribution in [-0.4, -0.2) is 24.0 Å². The molecule has 4 rings (SSSR count). The Balaban J connectivity index is 1.41. The maximum atomic E-state index is 12.2. The number of carbonyl (C=O) groups is 1. The van der Waals surface area contributed by atoms with Gasteiger partial charge in [0.1, 0.15) is 0 Å². The highest BCUT2D eigenvalue weighted by atomic mass is 16.4. The first kappa shape index (κ1) is 15.5. The normalized spacial score (nSPS) is 14.2. The average Bonchev–Trinajstić information content (AvgIpc) is 3.23. The molecule has 1 aliphatic heterocycles. The molecule has 0 bridgehead atoms. The van der Waals surface area contributed by atoms with Gasteiger partial charge in [0, 0.05) is 24.5 Å². The lowest BCUT2D eigenvalue weighted by atomic mass is 10.1. The van der Waals surface area contributed by atoms with Gasteiger partial charge in [0.2, 0.25) is 5.91 Å². The predicted molar refractivity (Wildman–Crippen MR) is 97.1 cm³/mol. The van der Waals surface area contributed by atoms with Crippen LogP contribution in [0.4, 0.5) is 11.4 Å². The summed E-state index contributed by atoms with van der Waals surface area (Å²) < 4.78 is 4.96. The van der Waals surface area contributed by atoms with E-state index in [4.69, 9.17) is 4.42 Å². The van der Waals surface area contributed by atoms with Gasteiger partial charge >= 0.3 is 5.76 Å². The number of H-pyrrole nitrogens is 1. The number of carbonyl (C=O) groups excluding carboxylic acids is 1. The van der Waals surface area contributed by atoms with E-state index >= 15 is 0 Å². The first-order chi connectivity index (χ1) is 12.2. The molecule has 2 N–H and O–H groups in total. The van der Waals surface area contributed by atoms with Crippen LogP contribution in [-0.2, 0) is 11.2 Å². The van der Waals surface area contributed by atoms with Crippen molar-refractivity contribution in [3.05, 3.63) is 58.6 Å². The number of fused-ring (bicyclic) bond motifs is 1. The van der Waals surface area contributed by atoms with Crippen molar-refractivity contribution >= 4 is 28.4 Å². The van der Waals surface area contributed by atoms with Gasteiger partial charge in [0.25, 0.3) is 0 Å². The fourth-order valence-electron chi connectivity index (χ4n) is 3.23. The van der Waals surface area contributed by atoms with Crippen molar-refractivity contribution in [1.29, 1.82) is 0 Å². The molecule has 2 aromatic carbocycles. The molecule has 1 saturated heterocycles. The number of nitrogens with zero attached hydrogens (tertiary/aromatic N) is 1. The number of nitrogens with one attached hydrogen (secondary N) is 2. The monoisotopic (exact) mass is 337 g/mol. The van der Waals surface area contributed by atoms with Gasteiger partial charge in [-0.05, 0) is 54.8 Å². The molecule has 128 valence electrons. The molecule has 1 aromatic heterocycles. The number of anilines is 2. The zero-order valence-electron chi connectivity index (χ0n) is 13.7. The van der Waals surface area contributed by atoms with Crippen molar-refractivity contribution in [2.24, 2.45) is 0 Å². The minimum Gasteiger partial charge on any atom is -0.408 e. The van der Waals surface area contributed by atoms with Crippen LogP contribution in [0, 0.1) is 0 Å². The third-order valence-electron chi connectivity index (χ3n) is 4.47. The fourth-order valence-corrected chi connectivity index (χ4v) is 3.23. The predicted octanol–water partition coefficient (Wildman–Crippen LogP) is 2.90. The van der Waals surface area contributed by atoms with Gasteiger partial charge in [-0.1, -0.05) is 6.07 Å². The van der Waals surface area contributed by atoms with E-state index < -0.39 is 5.76 Å². The zero-order chi connectivity index (χ0) is 17.2. The molecular weight excluding hydrogens is 318 g/mol. The summed E-state index contributed by atoms with van der Waals surface area (Å²) in [5.41, 5.74) is 3.89. The largest absolute Gasteiger partial charge is 0.417 e. The summed E-state index contributed by atoms with van der Waals surface area (Å²) >= 11 is 0. The molecule has 0 spiro atoms. The van der Waals surface area contributed by atoms with Crippen LogP contribution in [0.25, 0.3) is 11.1 Å². The number of oxazole rings is 1. The Kier molecular flexibility index (Phi) is 4.01. The number of aromatic amines is 1. The molecular formula is C19H19N3O3.